The number of nitrogens with one attached hydrogen (secondary N) is 2. The topological polar surface area (TPSA) is 79.5 Å². The number of amides is 1. The van der Waals surface area contributed by atoms with Crippen molar-refractivity contribution in [2.75, 3.05) is 13.1 Å². The minimum Gasteiger partial charge on any atom is -0.370 e. The molecule has 1 amide bonds. The summed E-state index contributed by atoms with van der Waals surface area (Å²) >= 11 is 1.74. The van der Waals surface area contributed by atoms with E-state index in [-0.39, 0.29) is 5.91 Å². The van der Waals surface area contributed by atoms with Crippen LogP contribution in [0, 0.1) is 0 Å². The predicted octanol–water partition coefficient (Wildman–Crippen LogP) is 1.25. The molecule has 0 aromatic carbocycles. The van der Waals surface area contributed by atoms with Crippen LogP contribution in [0.4, 0.5) is 0 Å². The van der Waals surface area contributed by atoms with Crippen LogP contribution in [0.3, 0.4) is 0 Å². The van der Waals surface area contributed by atoms with Gasteiger partial charge in [0.05, 0.1) is 0 Å². The van der Waals surface area contributed by atoms with Gasteiger partial charge in [0, 0.05) is 30.4 Å². The van der Waals surface area contributed by atoms with Crippen molar-refractivity contribution in [1.82, 2.24) is 10.6 Å². The fourth-order valence-electron chi connectivity index (χ4n) is 1.79. The number of hydrogen-bond acceptors (Lipinski definition) is 3. The highest BCUT2D eigenvalue weighted by Gasteiger charge is 2.22. The minimum absolute atomic E-state index is 0.131. The van der Waals surface area contributed by atoms with E-state index in [1.54, 1.807) is 11.3 Å². The summed E-state index contributed by atoms with van der Waals surface area (Å²) in [5.74, 6) is 0.594. The standard InChI is InChI=1S/C14H22N4OS/c15-14(17-9-7-12-3-2-10-20-12)16-8-1-4-13(19)18-11-5-6-11/h2-3,10-11H,1,4-9H2,(H,18,19)(H3,15,16,17). The molecule has 0 radical (unpaired) electrons. The van der Waals surface area contributed by atoms with Crippen molar-refractivity contribution in [2.24, 2.45) is 10.7 Å². The monoisotopic (exact) mass is 294 g/mol. The van der Waals surface area contributed by atoms with Crippen LogP contribution in [-0.4, -0.2) is 31.0 Å². The van der Waals surface area contributed by atoms with Crippen LogP contribution >= 0.6 is 11.3 Å². The smallest absolute Gasteiger partial charge is 0.220 e. The van der Waals surface area contributed by atoms with Gasteiger partial charge in [0.2, 0.25) is 5.91 Å². The molecular weight excluding hydrogens is 272 g/mol. The number of guanidine groups is 1. The Hall–Kier alpha value is -1.56. The van der Waals surface area contributed by atoms with E-state index in [9.17, 15) is 4.79 Å². The van der Waals surface area contributed by atoms with E-state index in [0.717, 1.165) is 32.2 Å². The predicted molar refractivity (Wildman–Crippen MR) is 82.9 cm³/mol. The van der Waals surface area contributed by atoms with E-state index < -0.39 is 0 Å². The first-order valence-corrected chi connectivity index (χ1v) is 7.97. The van der Waals surface area contributed by atoms with Crippen molar-refractivity contribution in [3.8, 4) is 0 Å². The van der Waals surface area contributed by atoms with Crippen molar-refractivity contribution < 1.29 is 4.79 Å². The Balaban J connectivity index is 1.50. The SMILES string of the molecule is NC(=NCCCC(=O)NC1CC1)NCCc1cccs1. The summed E-state index contributed by atoms with van der Waals surface area (Å²) < 4.78 is 0. The Kier molecular flexibility index (Phi) is 5.86. The van der Waals surface area contributed by atoms with E-state index in [0.29, 0.717) is 25.0 Å². The summed E-state index contributed by atoms with van der Waals surface area (Å²) in [5, 5.41) is 8.11. The molecule has 0 unspecified atom stereocenters. The van der Waals surface area contributed by atoms with Crippen LogP contribution in [0.2, 0.25) is 0 Å². The third kappa shape index (κ3) is 6.06. The third-order valence-electron chi connectivity index (χ3n) is 3.04. The second kappa shape index (κ2) is 7.89. The lowest BCUT2D eigenvalue weighted by Gasteiger charge is -2.05. The van der Waals surface area contributed by atoms with E-state index in [1.807, 2.05) is 6.07 Å². The van der Waals surface area contributed by atoms with Crippen LogP contribution in [0.25, 0.3) is 0 Å². The lowest BCUT2D eigenvalue weighted by molar-refractivity contribution is -0.121. The van der Waals surface area contributed by atoms with Crippen molar-refractivity contribution in [3.63, 3.8) is 0 Å². The van der Waals surface area contributed by atoms with Gasteiger partial charge in [-0.3, -0.25) is 9.79 Å². The van der Waals surface area contributed by atoms with E-state index in [1.165, 1.54) is 4.88 Å². The zero-order valence-electron chi connectivity index (χ0n) is 11.6. The number of aliphatic imine (C=N–C) groups is 1. The Morgan fingerprint density at radius 2 is 2.35 bits per heavy atom. The van der Waals surface area contributed by atoms with Gasteiger partial charge in [-0.15, -0.1) is 11.3 Å². The summed E-state index contributed by atoms with van der Waals surface area (Å²) in [6, 6.07) is 4.59. The average Bonchev–Trinajstić information content (AvgIpc) is 3.07. The molecule has 2 rings (SSSR count). The van der Waals surface area contributed by atoms with Gasteiger partial charge in [-0.2, -0.15) is 0 Å². The summed E-state index contributed by atoms with van der Waals surface area (Å²) in [5.41, 5.74) is 5.76. The van der Waals surface area contributed by atoms with Crippen LogP contribution in [0.15, 0.2) is 22.5 Å². The molecule has 5 nitrogen and oxygen atoms in total. The molecule has 1 fully saturated rings. The maximum absolute atomic E-state index is 11.4. The van der Waals surface area contributed by atoms with Crippen molar-refractivity contribution in [2.45, 2.75) is 38.1 Å². The van der Waals surface area contributed by atoms with E-state index in [4.69, 9.17) is 5.73 Å². The molecule has 0 spiro atoms. The summed E-state index contributed by atoms with van der Waals surface area (Å²) in [6.07, 6.45) is 4.49. The number of carbonyl (C=O) groups excluding carboxylic acids is 1. The first-order valence-electron chi connectivity index (χ1n) is 7.09. The molecule has 1 saturated carbocycles. The molecule has 1 aliphatic rings. The van der Waals surface area contributed by atoms with Gasteiger partial charge in [-0.05, 0) is 37.1 Å². The Morgan fingerprint density at radius 3 is 3.05 bits per heavy atom. The highest BCUT2D eigenvalue weighted by Crippen LogP contribution is 2.18. The van der Waals surface area contributed by atoms with Crippen molar-refractivity contribution in [1.29, 1.82) is 0 Å². The summed E-state index contributed by atoms with van der Waals surface area (Å²) in [6.45, 7) is 1.38. The van der Waals surface area contributed by atoms with Gasteiger partial charge in [-0.25, -0.2) is 0 Å². The van der Waals surface area contributed by atoms with Gasteiger partial charge >= 0.3 is 0 Å². The molecule has 0 saturated heterocycles. The van der Waals surface area contributed by atoms with Crippen LogP contribution in [0.1, 0.15) is 30.6 Å². The molecule has 1 heterocycles. The molecule has 0 bridgehead atoms. The van der Waals surface area contributed by atoms with E-state index in [2.05, 4.69) is 27.1 Å². The van der Waals surface area contributed by atoms with Crippen LogP contribution < -0.4 is 16.4 Å². The van der Waals surface area contributed by atoms with Crippen LogP contribution in [0.5, 0.6) is 0 Å². The first kappa shape index (κ1) is 14.8. The van der Waals surface area contributed by atoms with Crippen molar-refractivity contribution >= 4 is 23.2 Å². The molecule has 0 aliphatic heterocycles. The molecule has 1 aliphatic carbocycles. The normalized spacial score (nSPS) is 15.1. The number of hydrogen-bond donors (Lipinski definition) is 3. The Morgan fingerprint density at radius 1 is 1.50 bits per heavy atom. The summed E-state index contributed by atoms with van der Waals surface area (Å²) in [7, 11) is 0. The highest BCUT2D eigenvalue weighted by atomic mass is 32.1. The minimum atomic E-state index is 0.131. The quantitative estimate of drug-likeness (QED) is 0.383. The molecule has 1 aromatic rings. The number of nitrogens with zero attached hydrogens (tertiary/aromatic N) is 1. The molecule has 0 atom stereocenters. The Labute approximate surface area is 123 Å². The van der Waals surface area contributed by atoms with Gasteiger partial charge < -0.3 is 16.4 Å². The molecule has 1 aromatic heterocycles. The van der Waals surface area contributed by atoms with Gasteiger partial charge in [0.1, 0.15) is 0 Å². The van der Waals surface area contributed by atoms with Crippen LogP contribution in [-0.2, 0) is 11.2 Å². The first-order chi connectivity index (χ1) is 9.74. The maximum atomic E-state index is 11.4. The number of rotatable bonds is 8. The number of thiophene rings is 1. The van der Waals surface area contributed by atoms with Gasteiger partial charge in [0.25, 0.3) is 0 Å². The van der Waals surface area contributed by atoms with E-state index >= 15 is 0 Å². The second-order valence-corrected chi connectivity index (χ2v) is 6.00. The molecule has 4 N–H and O–H groups in total. The largest absolute Gasteiger partial charge is 0.370 e. The zero-order chi connectivity index (χ0) is 14.2. The maximum Gasteiger partial charge on any atom is 0.220 e. The second-order valence-electron chi connectivity index (χ2n) is 4.97. The molecular formula is C14H22N4OS. The van der Waals surface area contributed by atoms with Gasteiger partial charge in [-0.1, -0.05) is 6.07 Å². The molecule has 110 valence electrons. The lowest BCUT2D eigenvalue weighted by atomic mass is 10.3. The third-order valence-corrected chi connectivity index (χ3v) is 3.98. The fourth-order valence-corrected chi connectivity index (χ4v) is 2.50. The van der Waals surface area contributed by atoms with Gasteiger partial charge in [0.15, 0.2) is 5.96 Å². The highest BCUT2D eigenvalue weighted by molar-refractivity contribution is 7.09. The molecule has 6 heteroatoms. The molecule has 20 heavy (non-hydrogen) atoms. The fraction of sp³-hybridized carbons (Fsp3) is 0.571. The number of nitrogens with two attached hydrogens (primary N) is 1. The van der Waals surface area contributed by atoms with Crippen molar-refractivity contribution in [3.05, 3.63) is 22.4 Å². The number of carbonyl (C=O) groups is 1. The lowest BCUT2D eigenvalue weighted by Crippen LogP contribution is -2.33. The summed E-state index contributed by atoms with van der Waals surface area (Å²) in [4.78, 5) is 17.0. The average molecular weight is 294 g/mol. The zero-order valence-corrected chi connectivity index (χ0v) is 12.4. The Bertz CT molecular complexity index is 440.